The number of rotatable bonds is 3. The van der Waals surface area contributed by atoms with Gasteiger partial charge >= 0.3 is 5.97 Å². The molecule has 4 nitrogen and oxygen atoms in total. The lowest BCUT2D eigenvalue weighted by Crippen LogP contribution is -2.40. The fourth-order valence-corrected chi connectivity index (χ4v) is 0.185. The van der Waals surface area contributed by atoms with E-state index >= 15 is 0 Å². The van der Waals surface area contributed by atoms with E-state index in [0.29, 0.717) is 0 Å². The molecule has 0 aromatic rings. The number of hydrogen-bond donors (Lipinski definition) is 4. The Morgan fingerprint density at radius 2 is 1.78 bits per heavy atom. The maximum absolute atomic E-state index is 10.1. The Balaban J connectivity index is 4.09. The third-order valence-corrected chi connectivity index (χ3v) is 1.40. The predicted molar refractivity (Wildman–Crippen MR) is 33.5 cm³/mol. The SMILES string of the molecule is O=C(O)C(S)(CO)CO. The quantitative estimate of drug-likeness (QED) is 0.380. The Bertz CT molecular complexity index is 109. The zero-order chi connectivity index (χ0) is 7.49. The van der Waals surface area contributed by atoms with E-state index in [4.69, 9.17) is 15.3 Å². The molecule has 54 valence electrons. The first kappa shape index (κ1) is 8.74. The van der Waals surface area contributed by atoms with E-state index in [1.807, 2.05) is 0 Å². The summed E-state index contributed by atoms with van der Waals surface area (Å²) < 4.78 is -1.69. The van der Waals surface area contributed by atoms with Crippen LogP contribution < -0.4 is 0 Å². The summed E-state index contributed by atoms with van der Waals surface area (Å²) in [7, 11) is 0. The van der Waals surface area contributed by atoms with Gasteiger partial charge in [0.15, 0.2) is 4.75 Å². The molecular formula is C4H8O4S. The summed E-state index contributed by atoms with van der Waals surface area (Å²) in [6.45, 7) is -1.36. The van der Waals surface area contributed by atoms with E-state index in [-0.39, 0.29) is 0 Å². The monoisotopic (exact) mass is 152 g/mol. The van der Waals surface area contributed by atoms with Gasteiger partial charge in [0, 0.05) is 0 Å². The lowest BCUT2D eigenvalue weighted by atomic mass is 10.2. The van der Waals surface area contributed by atoms with Gasteiger partial charge in [0.2, 0.25) is 0 Å². The van der Waals surface area contributed by atoms with Gasteiger partial charge in [0.25, 0.3) is 0 Å². The van der Waals surface area contributed by atoms with Crippen LogP contribution in [-0.4, -0.2) is 39.2 Å². The number of carbonyl (C=O) groups is 1. The molecule has 9 heavy (non-hydrogen) atoms. The van der Waals surface area contributed by atoms with E-state index in [9.17, 15) is 4.79 Å². The molecule has 0 bridgehead atoms. The van der Waals surface area contributed by atoms with Crippen LogP contribution >= 0.6 is 12.6 Å². The summed E-state index contributed by atoms with van der Waals surface area (Å²) in [4.78, 5) is 10.1. The van der Waals surface area contributed by atoms with E-state index in [1.165, 1.54) is 0 Å². The van der Waals surface area contributed by atoms with Crippen molar-refractivity contribution >= 4 is 18.6 Å². The number of carboxylic acid groups (broad SMARTS) is 1. The predicted octanol–water partition coefficient (Wildman–Crippen LogP) is -1.28. The third-order valence-electron chi connectivity index (χ3n) is 0.921. The molecule has 0 heterocycles. The minimum absolute atomic E-state index is 0.679. The fourth-order valence-electron chi connectivity index (χ4n) is 0.185. The van der Waals surface area contributed by atoms with Crippen molar-refractivity contribution in [3.05, 3.63) is 0 Å². The van der Waals surface area contributed by atoms with Crippen molar-refractivity contribution in [2.24, 2.45) is 0 Å². The average Bonchev–Trinajstić information content (AvgIpc) is 1.86. The average molecular weight is 152 g/mol. The lowest BCUT2D eigenvalue weighted by molar-refractivity contribution is -0.142. The van der Waals surface area contributed by atoms with Crippen molar-refractivity contribution < 1.29 is 20.1 Å². The summed E-state index contributed by atoms with van der Waals surface area (Å²) in [6, 6.07) is 0. The second-order valence-corrected chi connectivity index (χ2v) is 2.51. The minimum atomic E-state index is -1.69. The Labute approximate surface area is 57.5 Å². The van der Waals surface area contributed by atoms with Crippen LogP contribution in [0.5, 0.6) is 0 Å². The Morgan fingerprint density at radius 1 is 1.44 bits per heavy atom. The summed E-state index contributed by atoms with van der Waals surface area (Å²) in [5.74, 6) is -1.32. The van der Waals surface area contributed by atoms with Crippen LogP contribution in [-0.2, 0) is 4.79 Å². The Morgan fingerprint density at radius 3 is 1.78 bits per heavy atom. The molecule has 0 aromatic heterocycles. The molecule has 0 radical (unpaired) electrons. The molecule has 0 fully saturated rings. The first-order valence-corrected chi connectivity index (χ1v) is 2.69. The molecule has 0 rings (SSSR count). The molecule has 0 atom stereocenters. The first-order valence-electron chi connectivity index (χ1n) is 2.24. The van der Waals surface area contributed by atoms with Crippen molar-refractivity contribution in [1.29, 1.82) is 0 Å². The zero-order valence-electron chi connectivity index (χ0n) is 4.61. The Hall–Kier alpha value is -0.260. The van der Waals surface area contributed by atoms with E-state index in [2.05, 4.69) is 12.6 Å². The lowest BCUT2D eigenvalue weighted by Gasteiger charge is -2.16. The smallest absolute Gasteiger partial charge is 0.324 e. The maximum Gasteiger partial charge on any atom is 0.324 e. The number of carboxylic acids is 1. The number of hydrogen-bond acceptors (Lipinski definition) is 4. The highest BCUT2D eigenvalue weighted by atomic mass is 32.1. The molecule has 0 saturated carbocycles. The fraction of sp³-hybridized carbons (Fsp3) is 0.750. The molecule has 0 aliphatic carbocycles. The van der Waals surface area contributed by atoms with E-state index in [0.717, 1.165) is 0 Å². The maximum atomic E-state index is 10.1. The molecule has 0 aliphatic heterocycles. The van der Waals surface area contributed by atoms with Crippen LogP contribution in [0, 0.1) is 0 Å². The van der Waals surface area contributed by atoms with Gasteiger partial charge in [0.05, 0.1) is 13.2 Å². The zero-order valence-corrected chi connectivity index (χ0v) is 5.51. The molecule has 0 unspecified atom stereocenters. The molecule has 0 aliphatic rings. The van der Waals surface area contributed by atoms with Crippen molar-refractivity contribution in [2.75, 3.05) is 13.2 Å². The number of aliphatic hydroxyl groups excluding tert-OH is 2. The van der Waals surface area contributed by atoms with Crippen molar-refractivity contribution in [3.8, 4) is 0 Å². The standard InChI is InChI=1S/C4H8O4S/c5-1-4(9,2-6)3(7)8/h5-6,9H,1-2H2,(H,7,8). The number of aliphatic hydroxyl groups is 2. The highest BCUT2D eigenvalue weighted by molar-refractivity contribution is 7.82. The molecule has 0 saturated heterocycles. The largest absolute Gasteiger partial charge is 0.480 e. The van der Waals surface area contributed by atoms with Gasteiger partial charge in [-0.1, -0.05) is 0 Å². The normalized spacial score (nSPS) is 11.4. The molecular weight excluding hydrogens is 144 g/mol. The van der Waals surface area contributed by atoms with Gasteiger partial charge in [-0.2, -0.15) is 12.6 Å². The molecule has 5 heteroatoms. The van der Waals surface area contributed by atoms with Gasteiger partial charge in [-0.3, -0.25) is 4.79 Å². The summed E-state index contributed by atoms with van der Waals surface area (Å²) in [5, 5.41) is 24.9. The van der Waals surface area contributed by atoms with Crippen LogP contribution in [0.4, 0.5) is 0 Å². The van der Waals surface area contributed by atoms with Gasteiger partial charge in [-0.15, -0.1) is 0 Å². The Kier molecular flexibility index (Phi) is 2.96. The van der Waals surface area contributed by atoms with E-state index < -0.39 is 23.9 Å². The third kappa shape index (κ3) is 1.85. The minimum Gasteiger partial charge on any atom is -0.480 e. The first-order chi connectivity index (χ1) is 4.06. The van der Waals surface area contributed by atoms with Crippen LogP contribution in [0.3, 0.4) is 0 Å². The highest BCUT2D eigenvalue weighted by Gasteiger charge is 2.32. The van der Waals surface area contributed by atoms with Crippen LogP contribution in [0.25, 0.3) is 0 Å². The molecule has 3 N–H and O–H groups in total. The van der Waals surface area contributed by atoms with Gasteiger partial charge in [-0.05, 0) is 0 Å². The second kappa shape index (κ2) is 3.05. The van der Waals surface area contributed by atoms with Gasteiger partial charge in [0.1, 0.15) is 0 Å². The van der Waals surface area contributed by atoms with Crippen LogP contribution in [0.1, 0.15) is 0 Å². The van der Waals surface area contributed by atoms with Crippen molar-refractivity contribution in [1.82, 2.24) is 0 Å². The molecule has 0 aromatic carbocycles. The molecule has 0 amide bonds. The van der Waals surface area contributed by atoms with Gasteiger partial charge < -0.3 is 15.3 Å². The van der Waals surface area contributed by atoms with Gasteiger partial charge in [-0.25, -0.2) is 0 Å². The number of aliphatic carboxylic acids is 1. The van der Waals surface area contributed by atoms with Crippen molar-refractivity contribution in [2.45, 2.75) is 4.75 Å². The topological polar surface area (TPSA) is 77.8 Å². The molecule has 0 spiro atoms. The summed E-state index contributed by atoms with van der Waals surface area (Å²) in [6.07, 6.45) is 0. The van der Waals surface area contributed by atoms with Crippen LogP contribution in [0.15, 0.2) is 0 Å². The van der Waals surface area contributed by atoms with E-state index in [1.54, 1.807) is 0 Å². The second-order valence-electron chi connectivity index (χ2n) is 1.65. The number of thiol groups is 1. The summed E-state index contributed by atoms with van der Waals surface area (Å²) in [5.41, 5.74) is 0. The van der Waals surface area contributed by atoms with Crippen molar-refractivity contribution in [3.63, 3.8) is 0 Å². The van der Waals surface area contributed by atoms with Crippen LogP contribution in [0.2, 0.25) is 0 Å². The highest BCUT2D eigenvalue weighted by Crippen LogP contribution is 2.11. The summed E-state index contributed by atoms with van der Waals surface area (Å²) >= 11 is 3.51.